The van der Waals surface area contributed by atoms with E-state index in [0.717, 1.165) is 50.5 Å². The highest BCUT2D eigenvalue weighted by Crippen LogP contribution is 2.37. The first-order valence-electron chi connectivity index (χ1n) is 9.48. The minimum absolute atomic E-state index is 0.0640. The fraction of sp³-hybridized carbons (Fsp3) is 0.632. The Morgan fingerprint density at radius 3 is 2.52 bits per heavy atom. The van der Waals surface area contributed by atoms with Crippen molar-refractivity contribution >= 4 is 34.1 Å². The van der Waals surface area contributed by atoms with Gasteiger partial charge in [0.2, 0.25) is 11.8 Å². The summed E-state index contributed by atoms with van der Waals surface area (Å²) in [6, 6.07) is 0.309. The van der Waals surface area contributed by atoms with Gasteiger partial charge in [-0.1, -0.05) is 6.42 Å². The molecule has 1 heterocycles. The number of carbonyl (C=O) groups is 3. The van der Waals surface area contributed by atoms with Gasteiger partial charge >= 0.3 is 5.97 Å². The zero-order valence-electron chi connectivity index (χ0n) is 15.9. The Bertz CT molecular complexity index is 727. The number of thiophene rings is 1. The van der Waals surface area contributed by atoms with Gasteiger partial charge in [-0.25, -0.2) is 4.79 Å². The third-order valence-electron chi connectivity index (χ3n) is 4.83. The van der Waals surface area contributed by atoms with E-state index in [9.17, 15) is 14.4 Å². The third kappa shape index (κ3) is 5.29. The van der Waals surface area contributed by atoms with Crippen molar-refractivity contribution in [3.63, 3.8) is 0 Å². The molecule has 0 saturated heterocycles. The molecule has 0 radical (unpaired) electrons. The van der Waals surface area contributed by atoms with Crippen molar-refractivity contribution in [2.24, 2.45) is 0 Å². The van der Waals surface area contributed by atoms with E-state index in [1.807, 2.05) is 0 Å². The number of aryl methyl sites for hydroxylation is 1. The Hall–Kier alpha value is -1.93. The highest BCUT2D eigenvalue weighted by molar-refractivity contribution is 7.17. The van der Waals surface area contributed by atoms with E-state index in [0.29, 0.717) is 16.6 Å². The number of hydrogen-bond acceptors (Lipinski definition) is 6. The Labute approximate surface area is 163 Å². The van der Waals surface area contributed by atoms with Crippen LogP contribution in [0, 0.1) is 0 Å². The van der Waals surface area contributed by atoms with Gasteiger partial charge in [0.1, 0.15) is 5.00 Å². The van der Waals surface area contributed by atoms with Crippen molar-refractivity contribution in [3.05, 3.63) is 16.0 Å². The molecule has 0 atom stereocenters. The molecule has 27 heavy (non-hydrogen) atoms. The van der Waals surface area contributed by atoms with E-state index in [1.54, 1.807) is 11.9 Å². The third-order valence-corrected chi connectivity index (χ3v) is 6.04. The summed E-state index contributed by atoms with van der Waals surface area (Å²) in [7, 11) is 3.10. The number of esters is 1. The lowest BCUT2D eigenvalue weighted by atomic mass is 10.1. The molecule has 0 aromatic carbocycles. The first kappa shape index (κ1) is 19.8. The summed E-state index contributed by atoms with van der Waals surface area (Å²) in [5.41, 5.74) is 1.53. The minimum atomic E-state index is -0.401. The average Bonchev–Trinajstić information content (AvgIpc) is 3.39. The van der Waals surface area contributed by atoms with Crippen LogP contribution in [0.25, 0.3) is 0 Å². The molecule has 2 aliphatic carbocycles. The van der Waals surface area contributed by atoms with Crippen molar-refractivity contribution in [1.29, 1.82) is 0 Å². The molecule has 148 valence electrons. The Morgan fingerprint density at radius 2 is 1.81 bits per heavy atom. The fourth-order valence-electron chi connectivity index (χ4n) is 3.36. The number of amides is 2. The first-order valence-corrected chi connectivity index (χ1v) is 10.3. The van der Waals surface area contributed by atoms with E-state index < -0.39 is 5.97 Å². The SMILES string of the molecule is COC(=O)c1c(NC(=O)CN(C)CC(=O)NC2CC2)sc2c1CCCCC2. The van der Waals surface area contributed by atoms with Crippen LogP contribution in [-0.2, 0) is 27.2 Å². The number of likely N-dealkylation sites (N-methyl/N-ethyl adjacent to an activating group) is 1. The molecule has 0 unspecified atom stereocenters. The summed E-state index contributed by atoms with van der Waals surface area (Å²) >= 11 is 1.47. The zero-order chi connectivity index (χ0) is 19.4. The van der Waals surface area contributed by atoms with Gasteiger partial charge in [0, 0.05) is 10.9 Å². The monoisotopic (exact) mass is 393 g/mol. The maximum Gasteiger partial charge on any atom is 0.341 e. The van der Waals surface area contributed by atoms with Crippen molar-refractivity contribution in [3.8, 4) is 0 Å². The van der Waals surface area contributed by atoms with Crippen LogP contribution in [0.15, 0.2) is 0 Å². The number of nitrogens with one attached hydrogen (secondary N) is 2. The summed E-state index contributed by atoms with van der Waals surface area (Å²) in [5, 5.41) is 6.34. The van der Waals surface area contributed by atoms with Gasteiger partial charge in [-0.15, -0.1) is 11.3 Å². The van der Waals surface area contributed by atoms with Gasteiger partial charge in [0.15, 0.2) is 0 Å². The maximum atomic E-state index is 12.5. The van der Waals surface area contributed by atoms with Crippen LogP contribution in [0.2, 0.25) is 0 Å². The number of ether oxygens (including phenoxy) is 1. The Morgan fingerprint density at radius 1 is 1.11 bits per heavy atom. The summed E-state index contributed by atoms with van der Waals surface area (Å²) in [6.45, 7) is 0.260. The first-order chi connectivity index (χ1) is 13.0. The fourth-order valence-corrected chi connectivity index (χ4v) is 4.66. The van der Waals surface area contributed by atoms with E-state index >= 15 is 0 Å². The van der Waals surface area contributed by atoms with Gasteiger partial charge in [-0.3, -0.25) is 14.5 Å². The van der Waals surface area contributed by atoms with Crippen LogP contribution in [0.1, 0.15) is 52.9 Å². The molecule has 0 bridgehead atoms. The standard InChI is InChI=1S/C19H27N3O4S/c1-22(10-15(23)20-12-8-9-12)11-16(24)21-18-17(19(25)26-2)13-6-4-3-5-7-14(13)27-18/h12H,3-11H2,1-2H3,(H,20,23)(H,21,24). The lowest BCUT2D eigenvalue weighted by Crippen LogP contribution is -2.39. The second-order valence-electron chi connectivity index (χ2n) is 7.32. The lowest BCUT2D eigenvalue weighted by molar-refractivity contribution is -0.123. The second kappa shape index (κ2) is 8.84. The average molecular weight is 394 g/mol. The molecule has 0 aliphatic heterocycles. The number of hydrogen-bond donors (Lipinski definition) is 2. The normalized spacial score (nSPS) is 16.4. The highest BCUT2D eigenvalue weighted by Gasteiger charge is 2.27. The largest absolute Gasteiger partial charge is 0.465 e. The van der Waals surface area contributed by atoms with Crippen LogP contribution in [0.5, 0.6) is 0 Å². The molecule has 1 aromatic heterocycles. The van der Waals surface area contributed by atoms with Gasteiger partial charge in [0.05, 0.1) is 25.8 Å². The predicted molar refractivity (Wildman–Crippen MR) is 104 cm³/mol. The lowest BCUT2D eigenvalue weighted by Gasteiger charge is -2.16. The summed E-state index contributed by atoms with van der Waals surface area (Å²) in [5.74, 6) is -0.703. The smallest absolute Gasteiger partial charge is 0.341 e. The molecule has 1 aromatic rings. The van der Waals surface area contributed by atoms with E-state index in [1.165, 1.54) is 23.3 Å². The molecule has 8 heteroatoms. The number of anilines is 1. The summed E-state index contributed by atoms with van der Waals surface area (Å²) < 4.78 is 4.95. The Kier molecular flexibility index (Phi) is 6.49. The number of carbonyl (C=O) groups excluding carboxylic acids is 3. The molecule has 1 saturated carbocycles. The van der Waals surface area contributed by atoms with Crippen molar-refractivity contribution in [2.75, 3.05) is 32.6 Å². The number of nitrogens with zero attached hydrogens (tertiary/aromatic N) is 1. The van der Waals surface area contributed by atoms with Gasteiger partial charge in [0.25, 0.3) is 0 Å². The minimum Gasteiger partial charge on any atom is -0.465 e. The summed E-state index contributed by atoms with van der Waals surface area (Å²) in [6.07, 6.45) is 7.14. The van der Waals surface area contributed by atoms with E-state index in [-0.39, 0.29) is 24.9 Å². The van der Waals surface area contributed by atoms with Crippen LogP contribution >= 0.6 is 11.3 Å². The van der Waals surface area contributed by atoms with Crippen LogP contribution in [0.4, 0.5) is 5.00 Å². The predicted octanol–water partition coefficient (Wildman–Crippen LogP) is 1.95. The van der Waals surface area contributed by atoms with Crippen LogP contribution in [0.3, 0.4) is 0 Å². The van der Waals surface area contributed by atoms with Gasteiger partial charge < -0.3 is 15.4 Å². The Balaban J connectivity index is 1.64. The molecular formula is C19H27N3O4S. The summed E-state index contributed by atoms with van der Waals surface area (Å²) in [4.78, 5) is 39.4. The van der Waals surface area contributed by atoms with Crippen molar-refractivity contribution in [2.45, 2.75) is 51.0 Å². The topological polar surface area (TPSA) is 87.7 Å². The molecule has 2 N–H and O–H groups in total. The number of methoxy groups -OCH3 is 1. The van der Waals surface area contributed by atoms with E-state index in [4.69, 9.17) is 4.74 Å². The van der Waals surface area contributed by atoms with Crippen molar-refractivity contribution in [1.82, 2.24) is 10.2 Å². The molecular weight excluding hydrogens is 366 g/mol. The molecule has 2 amide bonds. The highest BCUT2D eigenvalue weighted by atomic mass is 32.1. The van der Waals surface area contributed by atoms with Gasteiger partial charge in [-0.05, 0) is 51.1 Å². The maximum absolute atomic E-state index is 12.5. The molecule has 0 spiro atoms. The van der Waals surface area contributed by atoms with Crippen molar-refractivity contribution < 1.29 is 19.1 Å². The van der Waals surface area contributed by atoms with Crippen LogP contribution < -0.4 is 10.6 Å². The zero-order valence-corrected chi connectivity index (χ0v) is 16.7. The molecule has 7 nitrogen and oxygen atoms in total. The number of rotatable bonds is 7. The van der Waals surface area contributed by atoms with E-state index in [2.05, 4.69) is 10.6 Å². The quantitative estimate of drug-likeness (QED) is 0.546. The molecule has 3 rings (SSSR count). The van der Waals surface area contributed by atoms with Gasteiger partial charge in [-0.2, -0.15) is 0 Å². The molecule has 1 fully saturated rings. The second-order valence-corrected chi connectivity index (χ2v) is 8.43. The number of fused-ring (bicyclic) bond motifs is 1. The molecule has 2 aliphatic rings. The van der Waals surface area contributed by atoms with Crippen LogP contribution in [-0.4, -0.2) is 56.0 Å².